The minimum absolute atomic E-state index is 0.00424. The Balaban J connectivity index is 1.36. The second-order valence-corrected chi connectivity index (χ2v) is 18.5. The number of hydrogen-bond acceptors (Lipinski definition) is 7. The van der Waals surface area contributed by atoms with Gasteiger partial charge in [-0.05, 0) is 166 Å². The monoisotopic (exact) mass is 797 g/mol. The van der Waals surface area contributed by atoms with E-state index in [1.54, 1.807) is 0 Å². The lowest BCUT2D eigenvalue weighted by Gasteiger charge is -2.35. The van der Waals surface area contributed by atoms with Crippen LogP contribution in [0.2, 0.25) is 0 Å². The number of benzene rings is 2. The molecule has 8 rings (SSSR count). The normalized spacial score (nSPS) is 22.9. The van der Waals surface area contributed by atoms with Crippen LogP contribution in [0.3, 0.4) is 0 Å². The number of rotatable bonds is 15. The van der Waals surface area contributed by atoms with E-state index in [4.69, 9.17) is 28.4 Å². The van der Waals surface area contributed by atoms with Crippen LogP contribution in [-0.2, 0) is 4.74 Å². The molecule has 7 heteroatoms. The molecule has 0 bridgehead atoms. The highest BCUT2D eigenvalue weighted by atomic mass is 16.6. The molecule has 0 spiro atoms. The standard InChI is InChI=1S/C51H72O7/c52-46(44(36-37-22-8-1-9-23-37)53-38-24-10-2-11-25-38)45-47(54-39-26-12-3-13-27-39)49(56-41-30-16-5-17-31-41)51(58-43-34-20-7-21-35-43)50(57-42-32-18-6-19-33-42)48(45)55-40-28-14-4-15-29-40/h1,8-9,22-23,36,38-43H,2-7,10-21,24-35H2. The molecule has 0 saturated heterocycles. The molecule has 6 saturated carbocycles. The third kappa shape index (κ3) is 11.1. The fourth-order valence-electron chi connectivity index (χ4n) is 10.5. The van der Waals surface area contributed by atoms with E-state index in [0.717, 1.165) is 160 Å². The third-order valence-corrected chi connectivity index (χ3v) is 13.9. The highest BCUT2D eigenvalue weighted by Crippen LogP contribution is 2.58. The molecule has 0 N–H and O–H groups in total. The molecule has 2 aromatic carbocycles. The lowest BCUT2D eigenvalue weighted by atomic mass is 9.95. The van der Waals surface area contributed by atoms with Crippen molar-refractivity contribution in [2.75, 3.05) is 0 Å². The van der Waals surface area contributed by atoms with Crippen LogP contribution in [0, 0.1) is 0 Å². The van der Waals surface area contributed by atoms with E-state index in [1.165, 1.54) is 38.5 Å². The summed E-state index contributed by atoms with van der Waals surface area (Å²) in [6, 6.07) is 10.2. The summed E-state index contributed by atoms with van der Waals surface area (Å²) < 4.78 is 43.5. The number of carbonyl (C=O) groups excluding carboxylic acids is 1. The molecule has 58 heavy (non-hydrogen) atoms. The third-order valence-electron chi connectivity index (χ3n) is 13.9. The largest absolute Gasteiger partial charge is 0.486 e. The van der Waals surface area contributed by atoms with E-state index in [1.807, 2.05) is 36.4 Å². The Morgan fingerprint density at radius 3 is 1.02 bits per heavy atom. The molecule has 0 amide bonds. The van der Waals surface area contributed by atoms with Crippen molar-refractivity contribution in [3.05, 3.63) is 47.2 Å². The molecule has 7 nitrogen and oxygen atoms in total. The summed E-state index contributed by atoms with van der Waals surface area (Å²) in [6.45, 7) is 0. The van der Waals surface area contributed by atoms with Crippen LogP contribution in [0.1, 0.15) is 209 Å². The van der Waals surface area contributed by atoms with Gasteiger partial charge in [-0.15, -0.1) is 0 Å². The Kier molecular flexibility index (Phi) is 15.2. The number of ether oxygens (including phenoxy) is 6. The predicted octanol–water partition coefficient (Wildman–Crippen LogP) is 13.8. The van der Waals surface area contributed by atoms with Crippen LogP contribution < -0.4 is 23.7 Å². The van der Waals surface area contributed by atoms with Gasteiger partial charge in [0.15, 0.2) is 17.3 Å². The maximum Gasteiger partial charge on any atom is 0.235 e. The highest BCUT2D eigenvalue weighted by Gasteiger charge is 2.41. The van der Waals surface area contributed by atoms with E-state index in [2.05, 4.69) is 0 Å². The summed E-state index contributed by atoms with van der Waals surface area (Å²) in [5.41, 5.74) is 1.34. The van der Waals surface area contributed by atoms with Gasteiger partial charge < -0.3 is 28.4 Å². The predicted molar refractivity (Wildman–Crippen MR) is 231 cm³/mol. The van der Waals surface area contributed by atoms with E-state index in [9.17, 15) is 0 Å². The van der Waals surface area contributed by atoms with Crippen molar-refractivity contribution >= 4 is 11.9 Å². The van der Waals surface area contributed by atoms with Crippen LogP contribution in [0.5, 0.6) is 28.7 Å². The molecule has 6 aliphatic carbocycles. The lowest BCUT2D eigenvalue weighted by Crippen LogP contribution is -2.29. The van der Waals surface area contributed by atoms with Crippen molar-refractivity contribution in [2.24, 2.45) is 0 Å². The van der Waals surface area contributed by atoms with Crippen LogP contribution in [0.25, 0.3) is 6.08 Å². The fourth-order valence-corrected chi connectivity index (χ4v) is 10.5. The van der Waals surface area contributed by atoms with Crippen LogP contribution in [-0.4, -0.2) is 42.4 Å². The van der Waals surface area contributed by atoms with Crippen molar-refractivity contribution in [1.29, 1.82) is 0 Å². The fraction of sp³-hybridized carbons (Fsp3) is 0.706. The Morgan fingerprint density at radius 1 is 0.379 bits per heavy atom. The van der Waals surface area contributed by atoms with Gasteiger partial charge in [0.25, 0.3) is 0 Å². The average molecular weight is 797 g/mol. The van der Waals surface area contributed by atoms with Gasteiger partial charge in [0, 0.05) is 0 Å². The zero-order chi connectivity index (χ0) is 39.4. The average Bonchev–Trinajstić information content (AvgIpc) is 3.28. The van der Waals surface area contributed by atoms with Gasteiger partial charge in [-0.25, -0.2) is 0 Å². The maximum atomic E-state index is 16.0. The van der Waals surface area contributed by atoms with E-state index < -0.39 is 0 Å². The number of ketones is 1. The molecule has 6 aliphatic rings. The Bertz CT molecular complexity index is 1530. The van der Waals surface area contributed by atoms with Crippen molar-refractivity contribution in [2.45, 2.75) is 229 Å². The summed E-state index contributed by atoms with van der Waals surface area (Å²) in [5, 5.41) is 0. The molecule has 0 atom stereocenters. The number of carbonyl (C=O) groups is 1. The summed E-state index contributed by atoms with van der Waals surface area (Å²) >= 11 is 0. The number of hydrogen-bond donors (Lipinski definition) is 0. The van der Waals surface area contributed by atoms with Crippen molar-refractivity contribution in [3.8, 4) is 28.7 Å². The SMILES string of the molecule is O=C(C(=Cc1ccccc1)OC1CCCCC1)c1c(OC2CCCCC2)c(OC2CCCCC2)c(OC2CCCCC2)c(OC2CCCCC2)c1OC1CCCCC1. The van der Waals surface area contributed by atoms with Gasteiger partial charge in [0.05, 0.1) is 36.6 Å². The molecule has 6 fully saturated rings. The van der Waals surface area contributed by atoms with Gasteiger partial charge in [0.1, 0.15) is 5.56 Å². The topological polar surface area (TPSA) is 72.5 Å². The van der Waals surface area contributed by atoms with Crippen LogP contribution in [0.15, 0.2) is 36.1 Å². The molecule has 0 radical (unpaired) electrons. The molecular formula is C51H72O7. The number of Topliss-reactive ketones (excluding diaryl/α,β-unsaturated/α-hetero) is 1. The molecule has 0 aromatic heterocycles. The second kappa shape index (κ2) is 21.3. The van der Waals surface area contributed by atoms with Gasteiger partial charge in [-0.2, -0.15) is 0 Å². The first kappa shape index (κ1) is 41.4. The van der Waals surface area contributed by atoms with Gasteiger partial charge in [-0.3, -0.25) is 4.79 Å². The minimum atomic E-state index is -0.211. The molecule has 318 valence electrons. The quantitative estimate of drug-likeness (QED) is 0.101. The summed E-state index contributed by atoms with van der Waals surface area (Å²) in [5.74, 6) is 2.83. The molecule has 0 aliphatic heterocycles. The summed E-state index contributed by atoms with van der Waals surface area (Å²) in [7, 11) is 0. The molecular weight excluding hydrogens is 725 g/mol. The first-order chi connectivity index (χ1) is 28.7. The zero-order valence-corrected chi connectivity index (χ0v) is 35.5. The first-order valence-electron chi connectivity index (χ1n) is 24.2. The Morgan fingerprint density at radius 2 is 0.672 bits per heavy atom. The Labute approximate surface area is 349 Å². The first-order valence-corrected chi connectivity index (χ1v) is 24.2. The summed E-state index contributed by atoms with van der Waals surface area (Å²) in [6.07, 6.45) is 34.1. The molecule has 2 aromatic rings. The molecule has 0 unspecified atom stereocenters. The van der Waals surface area contributed by atoms with E-state index in [0.29, 0.717) is 40.1 Å². The molecule has 0 heterocycles. The minimum Gasteiger partial charge on any atom is -0.486 e. The van der Waals surface area contributed by atoms with Gasteiger partial charge in [-0.1, -0.05) is 68.9 Å². The van der Waals surface area contributed by atoms with Gasteiger partial charge >= 0.3 is 0 Å². The van der Waals surface area contributed by atoms with Crippen LogP contribution >= 0.6 is 0 Å². The van der Waals surface area contributed by atoms with E-state index >= 15 is 4.79 Å². The lowest BCUT2D eigenvalue weighted by molar-refractivity contribution is 0.0623. The van der Waals surface area contributed by atoms with Gasteiger partial charge in [0.2, 0.25) is 23.0 Å². The zero-order valence-electron chi connectivity index (χ0n) is 35.5. The number of allylic oxidation sites excluding steroid dienone is 1. The second-order valence-electron chi connectivity index (χ2n) is 18.5. The van der Waals surface area contributed by atoms with Crippen molar-refractivity contribution < 1.29 is 33.2 Å². The van der Waals surface area contributed by atoms with Crippen molar-refractivity contribution in [3.63, 3.8) is 0 Å². The van der Waals surface area contributed by atoms with Crippen LogP contribution in [0.4, 0.5) is 0 Å². The van der Waals surface area contributed by atoms with Crippen molar-refractivity contribution in [1.82, 2.24) is 0 Å². The smallest absolute Gasteiger partial charge is 0.235 e. The van der Waals surface area contributed by atoms with E-state index in [-0.39, 0.29) is 42.4 Å². The summed E-state index contributed by atoms with van der Waals surface area (Å²) in [4.78, 5) is 16.0. The Hall–Kier alpha value is -3.35. The maximum absolute atomic E-state index is 16.0. The highest BCUT2D eigenvalue weighted by molar-refractivity contribution is 6.14.